The summed E-state index contributed by atoms with van der Waals surface area (Å²) in [6, 6.07) is 4.81. The maximum Gasteiger partial charge on any atom is 0.418 e. The normalized spacial score (nSPS) is 11.2. The van der Waals surface area contributed by atoms with Crippen LogP contribution in [0.15, 0.2) is 29.6 Å². The highest BCUT2D eigenvalue weighted by molar-refractivity contribution is 7.12. The van der Waals surface area contributed by atoms with Crippen molar-refractivity contribution in [3.8, 4) is 5.75 Å². The second kappa shape index (κ2) is 5.65. The van der Waals surface area contributed by atoms with Crippen LogP contribution < -0.4 is 15.8 Å². The second-order valence-corrected chi connectivity index (χ2v) is 4.99. The molecule has 0 fully saturated rings. The number of carbonyl (C=O) groups excluding carboxylic acids is 1. The van der Waals surface area contributed by atoms with Crippen molar-refractivity contribution in [1.82, 2.24) is 0 Å². The molecule has 1 aromatic carbocycles. The third-order valence-corrected chi connectivity index (χ3v) is 3.57. The number of alkyl halides is 3. The fourth-order valence-electron chi connectivity index (χ4n) is 1.69. The van der Waals surface area contributed by atoms with E-state index in [2.05, 4.69) is 5.32 Å². The number of hydrogen-bond donors (Lipinski definition) is 2. The van der Waals surface area contributed by atoms with Gasteiger partial charge in [-0.1, -0.05) is 0 Å². The number of nitrogen functional groups attached to an aromatic ring is 1. The van der Waals surface area contributed by atoms with E-state index in [1.54, 1.807) is 11.4 Å². The van der Waals surface area contributed by atoms with E-state index in [-0.39, 0.29) is 10.6 Å². The van der Waals surface area contributed by atoms with E-state index in [9.17, 15) is 18.0 Å². The van der Waals surface area contributed by atoms with Crippen LogP contribution in [-0.4, -0.2) is 13.0 Å². The SMILES string of the molecule is COc1ccsc1C(=O)Nc1ccc(N)c(C(F)(F)F)c1. The molecular weight excluding hydrogens is 305 g/mol. The molecule has 0 bridgehead atoms. The van der Waals surface area contributed by atoms with Gasteiger partial charge in [0.25, 0.3) is 5.91 Å². The van der Waals surface area contributed by atoms with Gasteiger partial charge in [0, 0.05) is 11.4 Å². The first-order valence-electron chi connectivity index (χ1n) is 5.72. The van der Waals surface area contributed by atoms with Crippen molar-refractivity contribution in [3.63, 3.8) is 0 Å². The number of nitrogens with two attached hydrogens (primary N) is 1. The highest BCUT2D eigenvalue weighted by Crippen LogP contribution is 2.35. The lowest BCUT2D eigenvalue weighted by Gasteiger charge is -2.12. The fourth-order valence-corrected chi connectivity index (χ4v) is 2.44. The van der Waals surface area contributed by atoms with Gasteiger partial charge in [-0.05, 0) is 29.6 Å². The standard InChI is InChI=1S/C13H11F3N2O2S/c1-20-10-4-5-21-11(10)12(19)18-7-2-3-9(17)8(6-7)13(14,15)16/h2-6H,17H2,1H3,(H,18,19). The lowest BCUT2D eigenvalue weighted by Crippen LogP contribution is -2.14. The molecular formula is C13H11F3N2O2S. The van der Waals surface area contributed by atoms with Crippen LogP contribution in [0.5, 0.6) is 5.75 Å². The zero-order valence-electron chi connectivity index (χ0n) is 10.8. The Labute approximate surface area is 122 Å². The number of halogens is 3. The first-order chi connectivity index (χ1) is 9.82. The van der Waals surface area contributed by atoms with Gasteiger partial charge in [-0.15, -0.1) is 11.3 Å². The van der Waals surface area contributed by atoms with Gasteiger partial charge < -0.3 is 15.8 Å². The summed E-state index contributed by atoms with van der Waals surface area (Å²) in [5.74, 6) is -0.177. The number of ether oxygens (including phenoxy) is 1. The predicted molar refractivity (Wildman–Crippen MR) is 74.7 cm³/mol. The van der Waals surface area contributed by atoms with Crippen LogP contribution in [0.3, 0.4) is 0 Å². The third-order valence-electron chi connectivity index (χ3n) is 2.67. The molecule has 4 nitrogen and oxygen atoms in total. The van der Waals surface area contributed by atoms with E-state index in [0.29, 0.717) is 5.75 Å². The minimum Gasteiger partial charge on any atom is -0.495 e. The molecule has 0 atom stereocenters. The molecule has 21 heavy (non-hydrogen) atoms. The van der Waals surface area contributed by atoms with E-state index in [1.165, 1.54) is 13.2 Å². The van der Waals surface area contributed by atoms with Crippen molar-refractivity contribution in [2.24, 2.45) is 0 Å². The molecule has 0 radical (unpaired) electrons. The van der Waals surface area contributed by atoms with E-state index in [4.69, 9.17) is 10.5 Å². The van der Waals surface area contributed by atoms with E-state index >= 15 is 0 Å². The first-order valence-corrected chi connectivity index (χ1v) is 6.60. The van der Waals surface area contributed by atoms with Gasteiger partial charge in [-0.25, -0.2) is 0 Å². The zero-order chi connectivity index (χ0) is 15.6. The molecule has 0 aliphatic rings. The van der Waals surface area contributed by atoms with Gasteiger partial charge in [-0.3, -0.25) is 4.79 Å². The summed E-state index contributed by atoms with van der Waals surface area (Å²) < 4.78 is 43.2. The van der Waals surface area contributed by atoms with Crippen molar-refractivity contribution in [2.75, 3.05) is 18.2 Å². The van der Waals surface area contributed by atoms with Crippen LogP contribution in [-0.2, 0) is 6.18 Å². The molecule has 1 amide bonds. The first kappa shape index (κ1) is 15.2. The minimum atomic E-state index is -4.58. The summed E-state index contributed by atoms with van der Waals surface area (Å²) in [6.45, 7) is 0. The van der Waals surface area contributed by atoms with Crippen molar-refractivity contribution in [3.05, 3.63) is 40.1 Å². The topological polar surface area (TPSA) is 64.3 Å². The molecule has 2 aromatic rings. The second-order valence-electron chi connectivity index (χ2n) is 4.07. The lowest BCUT2D eigenvalue weighted by molar-refractivity contribution is -0.136. The summed E-state index contributed by atoms with van der Waals surface area (Å²) >= 11 is 1.13. The number of thiophene rings is 1. The maximum absolute atomic E-state index is 12.7. The van der Waals surface area contributed by atoms with Crippen molar-refractivity contribution in [2.45, 2.75) is 6.18 Å². The number of benzene rings is 1. The maximum atomic E-state index is 12.7. The van der Waals surface area contributed by atoms with Gasteiger partial charge in [0.05, 0.1) is 12.7 Å². The number of rotatable bonds is 3. The van der Waals surface area contributed by atoms with Gasteiger partial charge >= 0.3 is 6.18 Å². The Kier molecular flexibility index (Phi) is 4.08. The number of amides is 1. The van der Waals surface area contributed by atoms with Gasteiger partial charge in [0.1, 0.15) is 10.6 Å². The number of methoxy groups -OCH3 is 1. The molecule has 0 aliphatic carbocycles. The predicted octanol–water partition coefficient (Wildman–Crippen LogP) is 3.61. The van der Waals surface area contributed by atoms with Gasteiger partial charge in [-0.2, -0.15) is 13.2 Å². The Hall–Kier alpha value is -2.22. The summed E-state index contributed by atoms with van der Waals surface area (Å²) in [4.78, 5) is 12.3. The monoisotopic (exact) mass is 316 g/mol. The summed E-state index contributed by atoms with van der Waals surface area (Å²) in [7, 11) is 1.41. The highest BCUT2D eigenvalue weighted by atomic mass is 32.1. The van der Waals surface area contributed by atoms with Crippen LogP contribution in [0, 0.1) is 0 Å². The van der Waals surface area contributed by atoms with Crippen LogP contribution in [0.1, 0.15) is 15.2 Å². The molecule has 8 heteroatoms. The van der Waals surface area contributed by atoms with Gasteiger partial charge in [0.15, 0.2) is 0 Å². The average Bonchev–Trinajstić information content (AvgIpc) is 2.88. The summed E-state index contributed by atoms with van der Waals surface area (Å²) in [5.41, 5.74) is 3.93. The summed E-state index contributed by atoms with van der Waals surface area (Å²) in [5, 5.41) is 4.05. The lowest BCUT2D eigenvalue weighted by atomic mass is 10.1. The number of hydrogen-bond acceptors (Lipinski definition) is 4. The van der Waals surface area contributed by atoms with Crippen LogP contribution in [0.25, 0.3) is 0 Å². The number of anilines is 2. The van der Waals surface area contributed by atoms with Crippen LogP contribution >= 0.6 is 11.3 Å². The van der Waals surface area contributed by atoms with Crippen molar-refractivity contribution < 1.29 is 22.7 Å². The van der Waals surface area contributed by atoms with E-state index in [0.717, 1.165) is 23.5 Å². The van der Waals surface area contributed by atoms with Crippen molar-refractivity contribution >= 4 is 28.6 Å². The molecule has 0 unspecified atom stereocenters. The van der Waals surface area contributed by atoms with Crippen LogP contribution in [0.2, 0.25) is 0 Å². The third kappa shape index (κ3) is 3.27. The smallest absolute Gasteiger partial charge is 0.418 e. The van der Waals surface area contributed by atoms with Crippen LogP contribution in [0.4, 0.5) is 24.5 Å². The summed E-state index contributed by atoms with van der Waals surface area (Å²) in [6.07, 6.45) is -4.58. The number of carbonyl (C=O) groups is 1. The molecule has 112 valence electrons. The van der Waals surface area contributed by atoms with E-state index in [1.807, 2.05) is 0 Å². The quantitative estimate of drug-likeness (QED) is 0.850. The number of nitrogens with one attached hydrogen (secondary N) is 1. The fraction of sp³-hybridized carbons (Fsp3) is 0.154. The largest absolute Gasteiger partial charge is 0.495 e. The Bertz CT molecular complexity index is 668. The molecule has 0 aliphatic heterocycles. The molecule has 1 aromatic heterocycles. The Balaban J connectivity index is 2.26. The molecule has 0 saturated carbocycles. The average molecular weight is 316 g/mol. The zero-order valence-corrected chi connectivity index (χ0v) is 11.6. The van der Waals surface area contributed by atoms with Crippen molar-refractivity contribution in [1.29, 1.82) is 0 Å². The van der Waals surface area contributed by atoms with Gasteiger partial charge in [0.2, 0.25) is 0 Å². The molecule has 0 spiro atoms. The molecule has 2 rings (SSSR count). The molecule has 3 N–H and O–H groups in total. The Morgan fingerprint density at radius 1 is 1.33 bits per heavy atom. The van der Waals surface area contributed by atoms with E-state index < -0.39 is 23.3 Å². The Morgan fingerprint density at radius 2 is 2.05 bits per heavy atom. The molecule has 1 heterocycles. The molecule has 0 saturated heterocycles. The highest BCUT2D eigenvalue weighted by Gasteiger charge is 2.33. The minimum absolute atomic E-state index is 0.0111. The Morgan fingerprint density at radius 3 is 2.67 bits per heavy atom.